The van der Waals surface area contributed by atoms with Crippen molar-refractivity contribution in [2.24, 2.45) is 11.8 Å². The average Bonchev–Trinajstić information content (AvgIpc) is 1.40. The van der Waals surface area contributed by atoms with E-state index in [0.29, 0.717) is 68.0 Å². The molecule has 88 heavy (non-hydrogen) atoms. The number of aliphatic hydroxyl groups excluding tert-OH is 1. The Kier molecular flexibility index (Phi) is 14.5. The van der Waals surface area contributed by atoms with Crippen molar-refractivity contribution in [2.75, 3.05) is 40.8 Å². The third kappa shape index (κ3) is 8.21. The van der Waals surface area contributed by atoms with Crippen molar-refractivity contribution < 1.29 is 98.4 Å². The molecule has 0 saturated carbocycles. The Hall–Kier alpha value is -7.25. The third-order valence-electron chi connectivity index (χ3n) is 21.9. The van der Waals surface area contributed by atoms with Gasteiger partial charge in [0.15, 0.2) is 52.8 Å². The molecule has 3 aromatic rings. The number of benzene rings is 3. The summed E-state index contributed by atoms with van der Waals surface area (Å²) in [5.41, 5.74) is -0.179. The minimum atomic E-state index is -1.26. The van der Waals surface area contributed by atoms with Crippen molar-refractivity contribution in [3.63, 3.8) is 0 Å². The summed E-state index contributed by atoms with van der Waals surface area (Å²) in [4.78, 5) is 65.5. The van der Waals surface area contributed by atoms with Crippen LogP contribution in [-0.4, -0.2) is 191 Å². The number of aliphatic hydroxyl groups is 4. The molecule has 6 unspecified atom stereocenters. The van der Waals surface area contributed by atoms with Gasteiger partial charge in [-0.2, -0.15) is 0 Å². The summed E-state index contributed by atoms with van der Waals surface area (Å²) < 4.78 is 35.2. The topological polar surface area (TPSA) is 333 Å². The van der Waals surface area contributed by atoms with Crippen LogP contribution in [0.4, 0.5) is 0 Å². The van der Waals surface area contributed by atoms with Crippen molar-refractivity contribution in [1.82, 2.24) is 14.7 Å². The van der Waals surface area contributed by atoms with Gasteiger partial charge in [0.2, 0.25) is 0 Å². The largest absolute Gasteiger partial charge is 0.504 e. The lowest BCUT2D eigenvalue weighted by molar-refractivity contribution is -0.171. The number of esters is 3. The molecule has 0 amide bonds. The monoisotopic (exact) mass is 1220 g/mol. The van der Waals surface area contributed by atoms with Gasteiger partial charge >= 0.3 is 29.8 Å². The standard InChI is InChI=1S/2C22H25NO7.C20H23NO6.CH4/c2*1-11(20(26)27)9-16(25)29-14-5-6-22(28)15-10-12-3-4-13(24)18-17(12)21(22,19(14)30-18)7-8-23(15)2;1-10(22)18(24)26-13-5-6-20(25)14-9-11-3-4-12(23)16-15(11)19(20,17(13)27-16)7-8-21(14)2;/h2*3-5,11,15,19,24,28H,6-10H2,1-2H3,(H,26,27);3-5,10,14,17,22-23,25H,6-9H2,1-2H3;1H4/t11-,15+,19?,21?,22+;11-,15-,19?,21?,22-;10-,14+,17?,19?,20+;/m010./s1. The number of aromatic hydroxyl groups is 3. The number of carboxylic acid groups (broad SMARTS) is 2. The summed E-state index contributed by atoms with van der Waals surface area (Å²) in [5, 5.41) is 94.9. The molecule has 23 nitrogen and oxygen atoms in total. The second kappa shape index (κ2) is 20.9. The number of piperidine rings is 3. The first-order valence-corrected chi connectivity index (χ1v) is 29.9. The van der Waals surface area contributed by atoms with Gasteiger partial charge in [-0.3, -0.25) is 19.2 Å². The van der Waals surface area contributed by atoms with Gasteiger partial charge in [-0.15, -0.1) is 0 Å². The number of hydrogen-bond donors (Lipinski definition) is 9. The van der Waals surface area contributed by atoms with Crippen LogP contribution in [0.5, 0.6) is 34.5 Å². The summed E-state index contributed by atoms with van der Waals surface area (Å²) in [6.07, 6.45) is 5.73. The number of rotatable bonds is 10. The number of carboxylic acids is 2. The number of nitrogens with zero attached hydrogens (tertiary/aromatic N) is 3. The Morgan fingerprint density at radius 3 is 1.10 bits per heavy atom. The third-order valence-corrected chi connectivity index (χ3v) is 21.9. The second-order valence-corrected chi connectivity index (χ2v) is 26.2. The molecule has 6 bridgehead atoms. The van der Waals surface area contributed by atoms with Crippen LogP contribution in [-0.2, 0) is 73.7 Å². The molecule has 9 N–H and O–H groups in total. The highest BCUT2D eigenvalue weighted by Gasteiger charge is 2.75. The van der Waals surface area contributed by atoms with Crippen LogP contribution >= 0.6 is 0 Å². The van der Waals surface area contributed by atoms with E-state index in [-0.39, 0.29) is 80.0 Å². The zero-order valence-electron chi connectivity index (χ0n) is 49.1. The highest BCUT2D eigenvalue weighted by Crippen LogP contribution is 2.69. The quantitative estimate of drug-likeness (QED) is 0.103. The van der Waals surface area contributed by atoms with Crippen molar-refractivity contribution in [3.05, 3.63) is 105 Å². The van der Waals surface area contributed by atoms with Crippen molar-refractivity contribution >= 4 is 29.8 Å². The molecule has 12 aliphatic rings. The van der Waals surface area contributed by atoms with E-state index in [1.54, 1.807) is 36.4 Å². The number of phenolic OH excluding ortho intramolecular Hbond substituents is 3. The van der Waals surface area contributed by atoms with Gasteiger partial charge in [-0.25, -0.2) is 4.79 Å². The molecular weight excluding hydrogens is 1140 g/mol. The fourth-order valence-electron chi connectivity index (χ4n) is 17.5. The zero-order valence-corrected chi connectivity index (χ0v) is 49.1. The number of carbonyl (C=O) groups excluding carboxylic acids is 3. The predicted octanol–water partition coefficient (Wildman–Crippen LogP) is 3.88. The molecule has 6 aliphatic heterocycles. The molecule has 472 valence electrons. The van der Waals surface area contributed by atoms with Crippen LogP contribution in [0.3, 0.4) is 0 Å². The summed E-state index contributed by atoms with van der Waals surface area (Å²) in [7, 11) is 6.01. The predicted molar refractivity (Wildman–Crippen MR) is 309 cm³/mol. The van der Waals surface area contributed by atoms with Crippen LogP contribution in [0, 0.1) is 11.8 Å². The number of likely N-dealkylation sites (N-methyl/N-ethyl adjacent to an activating group) is 3. The van der Waals surface area contributed by atoms with Gasteiger partial charge in [-0.1, -0.05) is 39.5 Å². The fourth-order valence-corrected chi connectivity index (χ4v) is 17.5. The van der Waals surface area contributed by atoms with E-state index in [1.165, 1.54) is 20.8 Å². The van der Waals surface area contributed by atoms with Crippen LogP contribution in [0.1, 0.15) is 113 Å². The van der Waals surface area contributed by atoms with Crippen LogP contribution in [0.15, 0.2) is 71.9 Å². The first-order chi connectivity index (χ1) is 41.2. The SMILES string of the molecule is C.C[C@@H](CC(=O)OC1=CC[C@@]2(O)[C@H]3Cc4ccc(O)c5c4C2(CCN3C)C1O5)C(=O)O.C[C@H](CC(=O)OC1=CC[C@@]2(O)[C@H]3Cc4ccc(O)c5c4C2(CCN3C)C1O5)C(=O)O.C[C@H](O)C(=O)OC1=CC[C@@]2(O)[C@H]3Cc4ccc(O)c5c4C2(CCN3C)C1O5. The molecule has 15 atom stereocenters. The Labute approximate surface area is 507 Å². The van der Waals surface area contributed by atoms with E-state index in [0.717, 1.165) is 53.0 Å². The molecule has 0 aromatic heterocycles. The van der Waals surface area contributed by atoms with Crippen LogP contribution in [0.2, 0.25) is 0 Å². The first-order valence-electron chi connectivity index (χ1n) is 29.9. The summed E-state index contributed by atoms with van der Waals surface area (Å²) in [5.74, 6) is -3.94. The lowest BCUT2D eigenvalue weighted by atomic mass is 9.50. The van der Waals surface area contributed by atoms with E-state index in [9.17, 15) is 59.7 Å². The van der Waals surface area contributed by atoms with Crippen LogP contribution < -0.4 is 14.2 Å². The highest BCUT2D eigenvalue weighted by molar-refractivity contribution is 5.80. The summed E-state index contributed by atoms with van der Waals surface area (Å²) >= 11 is 0. The van der Waals surface area contributed by atoms with Crippen LogP contribution in [0.25, 0.3) is 0 Å². The number of aliphatic carboxylic acids is 2. The number of phenols is 3. The lowest BCUT2D eigenvalue weighted by Crippen LogP contribution is -2.74. The Bertz CT molecular complexity index is 3420. The minimum Gasteiger partial charge on any atom is -0.504 e. The molecule has 3 fully saturated rings. The van der Waals surface area contributed by atoms with E-state index in [1.807, 2.05) is 39.3 Å². The normalized spacial score (nSPS) is 34.9. The molecule has 0 radical (unpaired) electrons. The first kappa shape index (κ1) is 61.0. The minimum absolute atomic E-state index is 0. The number of hydrogen-bond acceptors (Lipinski definition) is 21. The highest BCUT2D eigenvalue weighted by atomic mass is 16.6. The van der Waals surface area contributed by atoms with Crippen molar-refractivity contribution in [3.8, 4) is 34.5 Å². The van der Waals surface area contributed by atoms with Gasteiger partial charge < -0.3 is 89.1 Å². The number of likely N-dealkylation sites (tertiary alicyclic amines) is 3. The molecule has 15 rings (SSSR count). The molecule has 6 heterocycles. The molecule has 23 heteroatoms. The second-order valence-electron chi connectivity index (χ2n) is 26.2. The zero-order chi connectivity index (χ0) is 62.0. The van der Waals surface area contributed by atoms with Crippen molar-refractivity contribution in [1.29, 1.82) is 0 Å². The molecular formula is C65H77N3O20. The maximum absolute atomic E-state index is 12.4. The summed E-state index contributed by atoms with van der Waals surface area (Å²) in [6.45, 7) is 6.48. The van der Waals surface area contributed by atoms with Crippen molar-refractivity contribution in [2.45, 2.75) is 174 Å². The van der Waals surface area contributed by atoms with Gasteiger partial charge in [-0.05, 0) is 139 Å². The van der Waals surface area contributed by atoms with Gasteiger partial charge in [0, 0.05) is 54.1 Å². The smallest absolute Gasteiger partial charge is 0.339 e. The van der Waals surface area contributed by atoms with E-state index < -0.39 is 99.1 Å². The molecule has 6 aliphatic carbocycles. The molecule has 3 spiro atoms. The van der Waals surface area contributed by atoms with E-state index in [2.05, 4.69) is 14.7 Å². The van der Waals surface area contributed by atoms with Gasteiger partial charge in [0.05, 0.1) is 57.7 Å². The maximum atomic E-state index is 12.4. The Balaban J connectivity index is 0.000000128. The maximum Gasteiger partial charge on any atom is 0.339 e. The van der Waals surface area contributed by atoms with E-state index >= 15 is 0 Å². The Morgan fingerprint density at radius 2 is 0.818 bits per heavy atom. The number of ether oxygens (including phenoxy) is 6. The summed E-state index contributed by atoms with van der Waals surface area (Å²) in [6, 6.07) is 10.1. The molecule has 3 saturated heterocycles. The Morgan fingerprint density at radius 1 is 0.523 bits per heavy atom. The number of carbonyl (C=O) groups is 5. The average molecular weight is 1220 g/mol. The van der Waals surface area contributed by atoms with Gasteiger partial charge in [0.25, 0.3) is 0 Å². The molecule has 3 aromatic carbocycles. The lowest BCUT2D eigenvalue weighted by Gasteiger charge is -2.61. The van der Waals surface area contributed by atoms with E-state index in [4.69, 9.17) is 38.6 Å². The fraction of sp³-hybridized carbons (Fsp3) is 0.554. The van der Waals surface area contributed by atoms with Gasteiger partial charge in [0.1, 0.15) is 23.4 Å².